The van der Waals surface area contributed by atoms with Crippen molar-refractivity contribution in [2.24, 2.45) is 11.7 Å². The van der Waals surface area contributed by atoms with E-state index in [9.17, 15) is 9.59 Å². The van der Waals surface area contributed by atoms with Gasteiger partial charge in [0.15, 0.2) is 0 Å². The van der Waals surface area contributed by atoms with E-state index in [0.29, 0.717) is 0 Å². The Morgan fingerprint density at radius 2 is 1.76 bits per heavy atom. The van der Waals surface area contributed by atoms with Crippen LogP contribution < -0.4 is 21.3 Å². The SMILES string of the molecule is CC(C)[C@H](N)C(=O)NCC(=O)Nc1ccccc1N1CCCCCC1. The number of rotatable bonds is 6. The van der Waals surface area contributed by atoms with Crippen LogP contribution in [0, 0.1) is 5.92 Å². The van der Waals surface area contributed by atoms with Crippen LogP contribution >= 0.6 is 0 Å². The first-order valence-electron chi connectivity index (χ1n) is 9.16. The van der Waals surface area contributed by atoms with Crippen LogP contribution in [-0.2, 0) is 9.59 Å². The van der Waals surface area contributed by atoms with Gasteiger partial charge < -0.3 is 21.3 Å². The van der Waals surface area contributed by atoms with Crippen molar-refractivity contribution in [2.75, 3.05) is 29.9 Å². The van der Waals surface area contributed by atoms with Gasteiger partial charge in [-0.15, -0.1) is 0 Å². The Labute approximate surface area is 150 Å². The van der Waals surface area contributed by atoms with Crippen LogP contribution in [0.3, 0.4) is 0 Å². The van der Waals surface area contributed by atoms with Crippen LogP contribution in [0.25, 0.3) is 0 Å². The summed E-state index contributed by atoms with van der Waals surface area (Å²) in [4.78, 5) is 26.4. The number of hydrogen-bond donors (Lipinski definition) is 3. The minimum absolute atomic E-state index is 0.0341. The summed E-state index contributed by atoms with van der Waals surface area (Å²) in [5.74, 6) is -0.510. The predicted octanol–water partition coefficient (Wildman–Crippen LogP) is 2.10. The van der Waals surface area contributed by atoms with E-state index in [1.54, 1.807) is 0 Å². The van der Waals surface area contributed by atoms with Gasteiger partial charge in [-0.05, 0) is 30.9 Å². The number of carbonyl (C=O) groups excluding carboxylic acids is 2. The quantitative estimate of drug-likeness (QED) is 0.736. The summed E-state index contributed by atoms with van der Waals surface area (Å²) in [6.45, 7) is 5.69. The van der Waals surface area contributed by atoms with Crippen LogP contribution in [-0.4, -0.2) is 37.5 Å². The number of amides is 2. The lowest BCUT2D eigenvalue weighted by atomic mass is 10.1. The fourth-order valence-corrected chi connectivity index (χ4v) is 2.95. The Hall–Kier alpha value is -2.08. The molecule has 1 fully saturated rings. The fourth-order valence-electron chi connectivity index (χ4n) is 2.95. The molecule has 2 amide bonds. The minimum atomic E-state index is -0.600. The van der Waals surface area contributed by atoms with Gasteiger partial charge in [-0.1, -0.05) is 38.8 Å². The second-order valence-corrected chi connectivity index (χ2v) is 6.95. The van der Waals surface area contributed by atoms with Crippen molar-refractivity contribution < 1.29 is 9.59 Å². The number of nitrogens with one attached hydrogen (secondary N) is 2. The third kappa shape index (κ3) is 5.74. The smallest absolute Gasteiger partial charge is 0.243 e. The number of benzene rings is 1. The van der Waals surface area contributed by atoms with Crippen molar-refractivity contribution >= 4 is 23.2 Å². The van der Waals surface area contributed by atoms with Gasteiger partial charge in [-0.25, -0.2) is 0 Å². The summed E-state index contributed by atoms with van der Waals surface area (Å²) >= 11 is 0. The van der Waals surface area contributed by atoms with E-state index in [2.05, 4.69) is 15.5 Å². The van der Waals surface area contributed by atoms with E-state index in [4.69, 9.17) is 5.73 Å². The molecule has 2 rings (SSSR count). The van der Waals surface area contributed by atoms with Gasteiger partial charge in [0.1, 0.15) is 0 Å². The van der Waals surface area contributed by atoms with Gasteiger partial charge in [0.05, 0.1) is 24.0 Å². The molecule has 1 heterocycles. The summed E-state index contributed by atoms with van der Waals surface area (Å²) in [6, 6.07) is 7.23. The fraction of sp³-hybridized carbons (Fsp3) is 0.579. The molecule has 0 aromatic heterocycles. The maximum atomic E-state index is 12.2. The number of carbonyl (C=O) groups is 2. The van der Waals surface area contributed by atoms with E-state index in [0.717, 1.165) is 24.5 Å². The Morgan fingerprint density at radius 1 is 1.12 bits per heavy atom. The largest absolute Gasteiger partial charge is 0.370 e. The number of nitrogens with zero attached hydrogens (tertiary/aromatic N) is 1. The minimum Gasteiger partial charge on any atom is -0.370 e. The third-order valence-electron chi connectivity index (χ3n) is 4.57. The van der Waals surface area contributed by atoms with Crippen molar-refractivity contribution in [3.05, 3.63) is 24.3 Å². The van der Waals surface area contributed by atoms with Gasteiger partial charge in [-0.3, -0.25) is 9.59 Å². The molecule has 1 aromatic rings. The molecular formula is C19H30N4O2. The van der Waals surface area contributed by atoms with E-state index in [1.165, 1.54) is 25.7 Å². The highest BCUT2D eigenvalue weighted by atomic mass is 16.2. The van der Waals surface area contributed by atoms with Crippen LogP contribution in [0.1, 0.15) is 39.5 Å². The molecule has 0 radical (unpaired) electrons. The van der Waals surface area contributed by atoms with Crippen LogP contribution in [0.15, 0.2) is 24.3 Å². The van der Waals surface area contributed by atoms with Gasteiger partial charge in [0.25, 0.3) is 0 Å². The number of para-hydroxylation sites is 2. The molecule has 1 atom stereocenters. The predicted molar refractivity (Wildman–Crippen MR) is 102 cm³/mol. The first-order valence-corrected chi connectivity index (χ1v) is 9.16. The van der Waals surface area contributed by atoms with E-state index >= 15 is 0 Å². The summed E-state index contributed by atoms with van der Waals surface area (Å²) in [5, 5.41) is 5.52. The van der Waals surface area contributed by atoms with Crippen molar-refractivity contribution in [3.8, 4) is 0 Å². The summed E-state index contributed by atoms with van der Waals surface area (Å²) in [7, 11) is 0. The Kier molecular flexibility index (Phi) is 7.25. The van der Waals surface area contributed by atoms with Gasteiger partial charge in [-0.2, -0.15) is 0 Å². The lowest BCUT2D eigenvalue weighted by Crippen LogP contribution is -2.46. The molecule has 0 bridgehead atoms. The Morgan fingerprint density at radius 3 is 2.40 bits per heavy atom. The topological polar surface area (TPSA) is 87.5 Å². The molecular weight excluding hydrogens is 316 g/mol. The second-order valence-electron chi connectivity index (χ2n) is 6.95. The zero-order valence-corrected chi connectivity index (χ0v) is 15.3. The van der Waals surface area contributed by atoms with E-state index in [-0.39, 0.29) is 24.3 Å². The molecule has 6 nitrogen and oxygen atoms in total. The van der Waals surface area contributed by atoms with Crippen LogP contribution in [0.2, 0.25) is 0 Å². The third-order valence-corrected chi connectivity index (χ3v) is 4.57. The Bertz CT molecular complexity index is 581. The van der Waals surface area contributed by atoms with Gasteiger partial charge in [0.2, 0.25) is 11.8 Å². The maximum absolute atomic E-state index is 12.2. The summed E-state index contributed by atoms with van der Waals surface area (Å²) in [5.41, 5.74) is 7.62. The van der Waals surface area contributed by atoms with E-state index in [1.807, 2.05) is 38.1 Å². The second kappa shape index (κ2) is 9.42. The first kappa shape index (κ1) is 19.2. The molecule has 25 heavy (non-hydrogen) atoms. The standard InChI is InChI=1S/C19H30N4O2/c1-14(2)18(20)19(25)21-13-17(24)22-15-9-5-6-10-16(15)23-11-7-3-4-8-12-23/h5-6,9-10,14,18H,3-4,7-8,11-13,20H2,1-2H3,(H,21,25)(H,22,24)/t18-/m0/s1. The van der Waals surface area contributed by atoms with Crippen LogP contribution in [0.5, 0.6) is 0 Å². The highest BCUT2D eigenvalue weighted by Crippen LogP contribution is 2.27. The highest BCUT2D eigenvalue weighted by Gasteiger charge is 2.18. The average molecular weight is 346 g/mol. The monoisotopic (exact) mass is 346 g/mol. The lowest BCUT2D eigenvalue weighted by Gasteiger charge is -2.25. The summed E-state index contributed by atoms with van der Waals surface area (Å²) in [6.07, 6.45) is 4.86. The molecule has 0 aliphatic carbocycles. The number of nitrogens with two attached hydrogens (primary N) is 1. The van der Waals surface area contributed by atoms with Crippen molar-refractivity contribution in [3.63, 3.8) is 0 Å². The summed E-state index contributed by atoms with van der Waals surface area (Å²) < 4.78 is 0. The van der Waals surface area contributed by atoms with E-state index < -0.39 is 6.04 Å². The normalized spacial score (nSPS) is 16.2. The number of hydrogen-bond acceptors (Lipinski definition) is 4. The van der Waals surface area contributed by atoms with Crippen molar-refractivity contribution in [1.29, 1.82) is 0 Å². The Balaban J connectivity index is 1.95. The molecule has 0 saturated carbocycles. The zero-order chi connectivity index (χ0) is 18.2. The molecule has 138 valence electrons. The molecule has 0 spiro atoms. The first-order chi connectivity index (χ1) is 12.0. The molecule has 6 heteroatoms. The molecule has 1 saturated heterocycles. The molecule has 0 unspecified atom stereocenters. The highest BCUT2D eigenvalue weighted by molar-refractivity contribution is 5.97. The lowest BCUT2D eigenvalue weighted by molar-refractivity contribution is -0.125. The zero-order valence-electron chi connectivity index (χ0n) is 15.3. The molecule has 1 aliphatic rings. The van der Waals surface area contributed by atoms with Crippen molar-refractivity contribution in [1.82, 2.24) is 5.32 Å². The van der Waals surface area contributed by atoms with Crippen molar-refractivity contribution in [2.45, 2.75) is 45.6 Å². The average Bonchev–Trinajstić information content (AvgIpc) is 2.88. The molecule has 4 N–H and O–H groups in total. The number of anilines is 2. The van der Waals surface area contributed by atoms with Gasteiger partial charge in [0, 0.05) is 13.1 Å². The maximum Gasteiger partial charge on any atom is 0.243 e. The molecule has 1 aliphatic heterocycles. The van der Waals surface area contributed by atoms with Crippen LogP contribution in [0.4, 0.5) is 11.4 Å². The van der Waals surface area contributed by atoms with Gasteiger partial charge >= 0.3 is 0 Å². The molecule has 1 aromatic carbocycles.